The summed E-state index contributed by atoms with van der Waals surface area (Å²) >= 11 is 0. The summed E-state index contributed by atoms with van der Waals surface area (Å²) in [5.41, 5.74) is 4.19. The molecule has 0 aliphatic carbocycles. The minimum absolute atomic E-state index is 0.0924. The van der Waals surface area contributed by atoms with E-state index in [0.29, 0.717) is 24.1 Å². The van der Waals surface area contributed by atoms with Crippen LogP contribution in [-0.4, -0.2) is 25.7 Å². The van der Waals surface area contributed by atoms with E-state index in [1.54, 1.807) is 7.11 Å². The van der Waals surface area contributed by atoms with Gasteiger partial charge in [-0.3, -0.25) is 4.79 Å². The summed E-state index contributed by atoms with van der Waals surface area (Å²) in [7, 11) is 1.61. The van der Waals surface area contributed by atoms with Gasteiger partial charge in [0.25, 0.3) is 5.91 Å². The zero-order valence-electron chi connectivity index (χ0n) is 19.1. The fraction of sp³-hybridized carbons (Fsp3) is 0.296. The van der Waals surface area contributed by atoms with Crippen molar-refractivity contribution in [1.82, 2.24) is 5.32 Å². The van der Waals surface area contributed by atoms with Crippen LogP contribution in [0.25, 0.3) is 0 Å². The smallest absolute Gasteiger partial charge is 0.262 e. The van der Waals surface area contributed by atoms with E-state index in [1.807, 2.05) is 55.5 Å². The monoisotopic (exact) mass is 432 g/mol. The van der Waals surface area contributed by atoms with Crippen LogP contribution >= 0.6 is 0 Å². The van der Waals surface area contributed by atoms with E-state index < -0.39 is 0 Å². The van der Waals surface area contributed by atoms with Gasteiger partial charge in [0.2, 0.25) is 0 Å². The lowest BCUT2D eigenvalue weighted by atomic mass is 10.1. The molecule has 3 aromatic rings. The fourth-order valence-electron chi connectivity index (χ4n) is 3.41. The van der Waals surface area contributed by atoms with Crippen LogP contribution in [0.4, 0.5) is 5.69 Å². The SMILES string of the molecule is COc1cccc(CN[C@@H](C)CCc2ccccc2)c1OCC(=O)Nc1ccc(C)cc1. The molecule has 3 rings (SSSR count). The first kappa shape index (κ1) is 23.4. The minimum Gasteiger partial charge on any atom is -0.493 e. The second-order valence-corrected chi connectivity index (χ2v) is 7.96. The number of ether oxygens (including phenoxy) is 2. The lowest BCUT2D eigenvalue weighted by molar-refractivity contribution is -0.118. The molecule has 1 atom stereocenters. The molecule has 0 aliphatic heterocycles. The molecule has 0 saturated heterocycles. The van der Waals surface area contributed by atoms with Crippen molar-refractivity contribution in [2.45, 2.75) is 39.3 Å². The molecule has 5 heteroatoms. The maximum Gasteiger partial charge on any atom is 0.262 e. The molecular weight excluding hydrogens is 400 g/mol. The highest BCUT2D eigenvalue weighted by molar-refractivity contribution is 5.91. The Hall–Kier alpha value is -3.31. The van der Waals surface area contributed by atoms with Crippen LogP contribution in [0.15, 0.2) is 72.8 Å². The van der Waals surface area contributed by atoms with Gasteiger partial charge in [-0.05, 0) is 50.5 Å². The molecule has 0 radical (unpaired) electrons. The summed E-state index contributed by atoms with van der Waals surface area (Å²) in [6.07, 6.45) is 2.05. The normalized spacial score (nSPS) is 11.6. The van der Waals surface area contributed by atoms with E-state index in [2.05, 4.69) is 41.8 Å². The Morgan fingerprint density at radius 1 is 0.969 bits per heavy atom. The molecule has 0 bridgehead atoms. The Kier molecular flexibility index (Phi) is 8.70. The third kappa shape index (κ3) is 7.13. The van der Waals surface area contributed by atoms with Crippen molar-refractivity contribution in [3.05, 3.63) is 89.5 Å². The molecule has 5 nitrogen and oxygen atoms in total. The largest absolute Gasteiger partial charge is 0.493 e. The highest BCUT2D eigenvalue weighted by Gasteiger charge is 2.14. The molecule has 0 fully saturated rings. The molecule has 0 heterocycles. The zero-order chi connectivity index (χ0) is 22.8. The number of aryl methyl sites for hydroxylation is 2. The quantitative estimate of drug-likeness (QED) is 0.441. The molecule has 0 unspecified atom stereocenters. The van der Waals surface area contributed by atoms with Gasteiger partial charge < -0.3 is 20.1 Å². The fourth-order valence-corrected chi connectivity index (χ4v) is 3.41. The van der Waals surface area contributed by atoms with Crippen LogP contribution < -0.4 is 20.1 Å². The van der Waals surface area contributed by atoms with Gasteiger partial charge >= 0.3 is 0 Å². The summed E-state index contributed by atoms with van der Waals surface area (Å²) in [6.45, 7) is 4.72. The lowest BCUT2D eigenvalue weighted by Gasteiger charge is -2.18. The summed E-state index contributed by atoms with van der Waals surface area (Å²) in [6, 6.07) is 24.3. The van der Waals surface area contributed by atoms with Gasteiger partial charge in [0.15, 0.2) is 18.1 Å². The van der Waals surface area contributed by atoms with Crippen molar-refractivity contribution < 1.29 is 14.3 Å². The van der Waals surface area contributed by atoms with Crippen LogP contribution in [0.5, 0.6) is 11.5 Å². The van der Waals surface area contributed by atoms with Crippen molar-refractivity contribution in [3.8, 4) is 11.5 Å². The van der Waals surface area contributed by atoms with Gasteiger partial charge in [0, 0.05) is 23.8 Å². The predicted octanol–water partition coefficient (Wildman–Crippen LogP) is 5.13. The second kappa shape index (κ2) is 11.9. The highest BCUT2D eigenvalue weighted by atomic mass is 16.5. The Morgan fingerprint density at radius 3 is 2.44 bits per heavy atom. The Morgan fingerprint density at radius 2 is 1.72 bits per heavy atom. The molecule has 3 aromatic carbocycles. The standard InChI is InChI=1S/C27H32N2O3/c1-20-12-16-24(17-13-20)29-26(30)19-32-27-23(10-7-11-25(27)31-3)18-28-21(2)14-15-22-8-5-4-6-9-22/h4-13,16-17,21,28H,14-15,18-19H2,1-3H3,(H,29,30)/t21-/m0/s1. The van der Waals surface area contributed by atoms with Crippen molar-refractivity contribution in [3.63, 3.8) is 0 Å². The molecule has 0 aromatic heterocycles. The first-order valence-corrected chi connectivity index (χ1v) is 11.0. The molecule has 0 saturated carbocycles. The second-order valence-electron chi connectivity index (χ2n) is 7.96. The molecule has 0 spiro atoms. The number of nitrogens with one attached hydrogen (secondary N) is 2. The topological polar surface area (TPSA) is 59.6 Å². The number of carbonyl (C=O) groups excluding carboxylic acids is 1. The third-order valence-electron chi connectivity index (χ3n) is 5.31. The van der Waals surface area contributed by atoms with Crippen molar-refractivity contribution in [2.75, 3.05) is 19.0 Å². The number of rotatable bonds is 11. The summed E-state index contributed by atoms with van der Waals surface area (Å²) < 4.78 is 11.4. The van der Waals surface area contributed by atoms with Crippen LogP contribution in [0.2, 0.25) is 0 Å². The number of methoxy groups -OCH3 is 1. The van der Waals surface area contributed by atoms with Crippen LogP contribution in [-0.2, 0) is 17.8 Å². The van der Waals surface area contributed by atoms with E-state index in [9.17, 15) is 4.79 Å². The third-order valence-corrected chi connectivity index (χ3v) is 5.31. The van der Waals surface area contributed by atoms with E-state index in [-0.39, 0.29) is 12.5 Å². The summed E-state index contributed by atoms with van der Waals surface area (Å²) in [5, 5.41) is 6.42. The van der Waals surface area contributed by atoms with Crippen LogP contribution in [0.3, 0.4) is 0 Å². The first-order chi connectivity index (χ1) is 15.5. The Balaban J connectivity index is 1.56. The number of hydrogen-bond donors (Lipinski definition) is 2. The molecular formula is C27H32N2O3. The average Bonchev–Trinajstić information content (AvgIpc) is 2.82. The van der Waals surface area contributed by atoms with Crippen LogP contribution in [0.1, 0.15) is 30.0 Å². The van der Waals surface area contributed by atoms with E-state index in [1.165, 1.54) is 5.56 Å². The van der Waals surface area contributed by atoms with Gasteiger partial charge in [-0.1, -0.05) is 60.2 Å². The summed E-state index contributed by atoms with van der Waals surface area (Å²) in [4.78, 5) is 12.4. The molecule has 32 heavy (non-hydrogen) atoms. The maximum atomic E-state index is 12.4. The van der Waals surface area contributed by atoms with Crippen molar-refractivity contribution in [1.29, 1.82) is 0 Å². The minimum atomic E-state index is -0.213. The maximum absolute atomic E-state index is 12.4. The highest BCUT2D eigenvalue weighted by Crippen LogP contribution is 2.31. The van der Waals surface area contributed by atoms with Crippen molar-refractivity contribution in [2.24, 2.45) is 0 Å². The molecule has 2 N–H and O–H groups in total. The number of para-hydroxylation sites is 1. The van der Waals surface area contributed by atoms with Gasteiger partial charge in [-0.25, -0.2) is 0 Å². The van der Waals surface area contributed by atoms with Gasteiger partial charge in [-0.15, -0.1) is 0 Å². The molecule has 0 aliphatic rings. The number of anilines is 1. The van der Waals surface area contributed by atoms with Crippen LogP contribution in [0, 0.1) is 6.92 Å². The van der Waals surface area contributed by atoms with E-state index in [0.717, 1.165) is 29.7 Å². The Bertz CT molecular complexity index is 988. The Labute approximate surface area is 190 Å². The predicted molar refractivity (Wildman–Crippen MR) is 129 cm³/mol. The zero-order valence-corrected chi connectivity index (χ0v) is 19.1. The summed E-state index contributed by atoms with van der Waals surface area (Å²) in [5.74, 6) is 0.996. The molecule has 1 amide bonds. The van der Waals surface area contributed by atoms with Crippen molar-refractivity contribution >= 4 is 11.6 Å². The van der Waals surface area contributed by atoms with E-state index in [4.69, 9.17) is 9.47 Å². The number of hydrogen-bond acceptors (Lipinski definition) is 4. The number of carbonyl (C=O) groups is 1. The van der Waals surface area contributed by atoms with Gasteiger partial charge in [0.1, 0.15) is 0 Å². The average molecular weight is 433 g/mol. The lowest BCUT2D eigenvalue weighted by Crippen LogP contribution is -2.26. The van der Waals surface area contributed by atoms with Gasteiger partial charge in [0.05, 0.1) is 7.11 Å². The molecule has 168 valence electrons. The van der Waals surface area contributed by atoms with E-state index >= 15 is 0 Å². The van der Waals surface area contributed by atoms with Gasteiger partial charge in [-0.2, -0.15) is 0 Å². The number of benzene rings is 3. The number of amides is 1. The first-order valence-electron chi connectivity index (χ1n) is 11.0.